The second kappa shape index (κ2) is 1.96. The highest BCUT2D eigenvalue weighted by Crippen LogP contribution is 2.25. The van der Waals surface area contributed by atoms with Crippen molar-refractivity contribution in [1.29, 1.82) is 0 Å². The average molecular weight is 155 g/mol. The first-order chi connectivity index (χ1) is 5.20. The third-order valence-electron chi connectivity index (χ3n) is 2.23. The number of amides is 1. The number of nitrogens with zero attached hydrogens (tertiary/aromatic N) is 1. The van der Waals surface area contributed by atoms with Gasteiger partial charge < -0.3 is 4.74 Å². The Bertz CT molecular complexity index is 224. The zero-order chi connectivity index (χ0) is 8.01. The van der Waals surface area contributed by atoms with Gasteiger partial charge in [0.25, 0.3) is 0 Å². The third-order valence-corrected chi connectivity index (χ3v) is 2.23. The van der Waals surface area contributed by atoms with Crippen LogP contribution < -0.4 is 0 Å². The Morgan fingerprint density at radius 2 is 2.27 bits per heavy atom. The summed E-state index contributed by atoms with van der Waals surface area (Å²) in [5, 5.41) is 0. The Hall–Kier alpha value is -1.06. The summed E-state index contributed by atoms with van der Waals surface area (Å²) in [6.45, 7) is 2.29. The minimum Gasteiger partial charge on any atom is -0.444 e. The van der Waals surface area contributed by atoms with Crippen molar-refractivity contribution >= 4 is 11.9 Å². The topological polar surface area (TPSA) is 46.6 Å². The monoisotopic (exact) mass is 155 g/mol. The van der Waals surface area contributed by atoms with Crippen molar-refractivity contribution in [3.05, 3.63) is 0 Å². The molecular weight excluding hydrogens is 146 g/mol. The van der Waals surface area contributed by atoms with E-state index in [0.717, 1.165) is 0 Å². The van der Waals surface area contributed by atoms with Gasteiger partial charge in [0.1, 0.15) is 12.1 Å². The van der Waals surface area contributed by atoms with Crippen LogP contribution in [0.2, 0.25) is 0 Å². The normalized spacial score (nSPS) is 35.9. The molecule has 60 valence electrons. The van der Waals surface area contributed by atoms with Gasteiger partial charge in [0.15, 0.2) is 5.78 Å². The molecule has 0 unspecified atom stereocenters. The summed E-state index contributed by atoms with van der Waals surface area (Å²) in [5.41, 5.74) is 0. The third kappa shape index (κ3) is 0.751. The van der Waals surface area contributed by atoms with Crippen LogP contribution in [0.5, 0.6) is 0 Å². The number of rotatable bonds is 0. The highest BCUT2D eigenvalue weighted by Gasteiger charge is 2.47. The van der Waals surface area contributed by atoms with Crippen molar-refractivity contribution in [1.82, 2.24) is 4.90 Å². The molecule has 2 rings (SSSR count). The first kappa shape index (κ1) is 6.64. The maximum atomic E-state index is 11.1. The molecule has 2 aliphatic rings. The molecule has 0 N–H and O–H groups in total. The molecule has 4 nitrogen and oxygen atoms in total. The Balaban J connectivity index is 2.28. The Morgan fingerprint density at radius 3 is 2.91 bits per heavy atom. The minimum absolute atomic E-state index is 0.128. The number of ether oxygens (including phenoxy) is 1. The fourth-order valence-corrected chi connectivity index (χ4v) is 1.70. The van der Waals surface area contributed by atoms with Crippen LogP contribution in [0.15, 0.2) is 0 Å². The molecule has 11 heavy (non-hydrogen) atoms. The van der Waals surface area contributed by atoms with Gasteiger partial charge in [-0.3, -0.25) is 9.69 Å². The Kier molecular flexibility index (Phi) is 1.19. The first-order valence-corrected chi connectivity index (χ1v) is 3.70. The van der Waals surface area contributed by atoms with Crippen LogP contribution in [-0.4, -0.2) is 35.5 Å². The molecule has 0 saturated carbocycles. The van der Waals surface area contributed by atoms with Crippen molar-refractivity contribution in [2.75, 3.05) is 6.54 Å². The van der Waals surface area contributed by atoms with E-state index in [4.69, 9.17) is 4.74 Å². The molecule has 0 bridgehead atoms. The predicted molar refractivity (Wildman–Crippen MR) is 36.1 cm³/mol. The van der Waals surface area contributed by atoms with E-state index in [2.05, 4.69) is 0 Å². The fraction of sp³-hybridized carbons (Fsp3) is 0.714. The number of ketones is 1. The van der Waals surface area contributed by atoms with Gasteiger partial charge in [-0.2, -0.15) is 0 Å². The Labute approximate surface area is 64.1 Å². The highest BCUT2D eigenvalue weighted by atomic mass is 16.6. The summed E-state index contributed by atoms with van der Waals surface area (Å²) in [4.78, 5) is 23.6. The molecule has 0 aromatic heterocycles. The molecule has 4 heteroatoms. The first-order valence-electron chi connectivity index (χ1n) is 3.70. The second-order valence-electron chi connectivity index (χ2n) is 2.94. The van der Waals surface area contributed by atoms with E-state index in [1.807, 2.05) is 0 Å². The molecule has 0 spiro atoms. The van der Waals surface area contributed by atoms with E-state index >= 15 is 0 Å². The van der Waals surface area contributed by atoms with E-state index in [-0.39, 0.29) is 24.0 Å². The molecule has 2 atom stereocenters. The van der Waals surface area contributed by atoms with Gasteiger partial charge in [0, 0.05) is 13.0 Å². The zero-order valence-electron chi connectivity index (χ0n) is 6.24. The van der Waals surface area contributed by atoms with E-state index in [0.29, 0.717) is 13.0 Å². The fourth-order valence-electron chi connectivity index (χ4n) is 1.70. The summed E-state index contributed by atoms with van der Waals surface area (Å²) >= 11 is 0. The SMILES string of the molecule is C[C@H]1OC(=O)N2CCC(=O)[C@H]12. The minimum atomic E-state index is -0.339. The molecule has 0 radical (unpaired) electrons. The predicted octanol–water partition coefficient (Wildman–Crippen LogP) is 0.168. The summed E-state index contributed by atoms with van der Waals surface area (Å²) < 4.78 is 4.86. The Morgan fingerprint density at radius 1 is 1.55 bits per heavy atom. The molecule has 2 heterocycles. The molecule has 2 saturated heterocycles. The highest BCUT2D eigenvalue weighted by molar-refractivity contribution is 5.93. The quantitative estimate of drug-likeness (QED) is 0.501. The van der Waals surface area contributed by atoms with Crippen molar-refractivity contribution in [3.63, 3.8) is 0 Å². The second-order valence-corrected chi connectivity index (χ2v) is 2.94. The van der Waals surface area contributed by atoms with E-state index in [1.165, 1.54) is 4.90 Å². The summed E-state index contributed by atoms with van der Waals surface area (Å²) in [7, 11) is 0. The number of Topliss-reactive ketones (excluding diaryl/α,β-unsaturated/α-hetero) is 1. The molecular formula is C7H9NO3. The number of hydrogen-bond acceptors (Lipinski definition) is 3. The molecule has 0 aromatic rings. The molecule has 2 aliphatic heterocycles. The largest absolute Gasteiger partial charge is 0.444 e. The summed E-state index contributed by atoms with van der Waals surface area (Å²) in [5.74, 6) is 0.128. The van der Waals surface area contributed by atoms with Crippen molar-refractivity contribution in [2.24, 2.45) is 0 Å². The van der Waals surface area contributed by atoms with E-state index in [1.54, 1.807) is 6.92 Å². The molecule has 0 aromatic carbocycles. The van der Waals surface area contributed by atoms with Crippen LogP contribution in [-0.2, 0) is 9.53 Å². The number of carbonyl (C=O) groups is 2. The number of fused-ring (bicyclic) bond motifs is 1. The number of cyclic esters (lactones) is 1. The number of hydrogen-bond donors (Lipinski definition) is 0. The lowest BCUT2D eigenvalue weighted by Crippen LogP contribution is -2.33. The van der Waals surface area contributed by atoms with Crippen molar-refractivity contribution in [2.45, 2.75) is 25.5 Å². The maximum absolute atomic E-state index is 11.1. The van der Waals surface area contributed by atoms with Gasteiger partial charge in [0.2, 0.25) is 0 Å². The zero-order valence-corrected chi connectivity index (χ0v) is 6.24. The van der Waals surface area contributed by atoms with Crippen LogP contribution in [0, 0.1) is 0 Å². The average Bonchev–Trinajstić information content (AvgIpc) is 2.41. The van der Waals surface area contributed by atoms with Gasteiger partial charge in [-0.25, -0.2) is 4.79 Å². The maximum Gasteiger partial charge on any atom is 0.410 e. The van der Waals surface area contributed by atoms with Gasteiger partial charge in [-0.15, -0.1) is 0 Å². The van der Waals surface area contributed by atoms with Crippen LogP contribution in [0.3, 0.4) is 0 Å². The van der Waals surface area contributed by atoms with Crippen LogP contribution in [0.25, 0.3) is 0 Å². The van der Waals surface area contributed by atoms with Crippen molar-refractivity contribution < 1.29 is 14.3 Å². The van der Waals surface area contributed by atoms with Gasteiger partial charge in [0.05, 0.1) is 0 Å². The molecule has 0 aliphatic carbocycles. The van der Waals surface area contributed by atoms with Gasteiger partial charge in [-0.1, -0.05) is 0 Å². The summed E-state index contributed by atoms with van der Waals surface area (Å²) in [6, 6.07) is -0.289. The van der Waals surface area contributed by atoms with E-state index < -0.39 is 0 Å². The van der Waals surface area contributed by atoms with Crippen LogP contribution >= 0.6 is 0 Å². The lowest BCUT2D eigenvalue weighted by atomic mass is 10.1. The van der Waals surface area contributed by atoms with Gasteiger partial charge in [-0.05, 0) is 6.92 Å². The molecule has 2 fully saturated rings. The lowest BCUT2D eigenvalue weighted by Gasteiger charge is -2.09. The number of carbonyl (C=O) groups excluding carboxylic acids is 2. The lowest BCUT2D eigenvalue weighted by molar-refractivity contribution is -0.120. The van der Waals surface area contributed by atoms with E-state index in [9.17, 15) is 9.59 Å². The van der Waals surface area contributed by atoms with Crippen LogP contribution in [0.4, 0.5) is 4.79 Å². The van der Waals surface area contributed by atoms with Crippen molar-refractivity contribution in [3.8, 4) is 0 Å². The van der Waals surface area contributed by atoms with Crippen LogP contribution in [0.1, 0.15) is 13.3 Å². The smallest absolute Gasteiger partial charge is 0.410 e. The van der Waals surface area contributed by atoms with Gasteiger partial charge >= 0.3 is 6.09 Å². The summed E-state index contributed by atoms with van der Waals surface area (Å²) in [6.07, 6.45) is -0.102. The standard InChI is InChI=1S/C7H9NO3/c1-4-6-5(9)2-3-8(6)7(10)11-4/h4,6H,2-3H2,1H3/t4-,6+/m1/s1. The molecule has 1 amide bonds.